The summed E-state index contributed by atoms with van der Waals surface area (Å²) in [5.41, 5.74) is 3.95. The third kappa shape index (κ3) is 2.80. The van der Waals surface area contributed by atoms with Crippen LogP contribution in [0.25, 0.3) is 0 Å². The molecule has 1 heterocycles. The summed E-state index contributed by atoms with van der Waals surface area (Å²) >= 11 is 5.74. The Morgan fingerprint density at radius 1 is 1.40 bits per heavy atom. The van der Waals surface area contributed by atoms with Crippen LogP contribution >= 0.6 is 11.6 Å². The first-order valence-electron chi connectivity index (χ1n) is 5.95. The first-order chi connectivity index (χ1) is 9.25. The molecule has 2 N–H and O–H groups in total. The lowest BCUT2D eigenvalue weighted by Gasteiger charge is -2.37. The number of hydrogen-bond acceptors (Lipinski definition) is 4. The van der Waals surface area contributed by atoms with Crippen LogP contribution in [-0.2, 0) is 19.6 Å². The lowest BCUT2D eigenvalue weighted by molar-refractivity contribution is -0.148. The van der Waals surface area contributed by atoms with Crippen molar-refractivity contribution < 1.29 is 17.9 Å². The fraction of sp³-hybridized carbons (Fsp3) is 0.417. The molecule has 1 aliphatic rings. The second-order valence-electron chi connectivity index (χ2n) is 4.74. The van der Waals surface area contributed by atoms with E-state index in [1.165, 1.54) is 35.5 Å². The van der Waals surface area contributed by atoms with Crippen molar-refractivity contribution in [1.82, 2.24) is 4.31 Å². The molecule has 0 spiro atoms. The summed E-state index contributed by atoms with van der Waals surface area (Å²) in [5, 5.41) is 0.452. The molecular formula is C12H15ClN2O4S. The molecule has 1 aromatic rings. The Kier molecular flexibility index (Phi) is 4.06. The van der Waals surface area contributed by atoms with Crippen LogP contribution in [0.5, 0.6) is 0 Å². The van der Waals surface area contributed by atoms with Gasteiger partial charge in [-0.1, -0.05) is 11.6 Å². The van der Waals surface area contributed by atoms with Gasteiger partial charge in [-0.05, 0) is 31.2 Å². The Morgan fingerprint density at radius 2 is 2.00 bits per heavy atom. The summed E-state index contributed by atoms with van der Waals surface area (Å²) in [4.78, 5) is 11.5. The fourth-order valence-electron chi connectivity index (χ4n) is 1.94. The van der Waals surface area contributed by atoms with Crippen molar-refractivity contribution in [3.05, 3.63) is 29.3 Å². The van der Waals surface area contributed by atoms with Gasteiger partial charge in [0.25, 0.3) is 5.91 Å². The van der Waals surface area contributed by atoms with Crippen LogP contribution in [0.15, 0.2) is 29.2 Å². The second kappa shape index (κ2) is 5.33. The van der Waals surface area contributed by atoms with Crippen molar-refractivity contribution in [2.24, 2.45) is 5.73 Å². The van der Waals surface area contributed by atoms with E-state index >= 15 is 0 Å². The number of nitrogens with zero attached hydrogens (tertiary/aromatic N) is 1. The van der Waals surface area contributed by atoms with Gasteiger partial charge in [0.2, 0.25) is 10.0 Å². The van der Waals surface area contributed by atoms with Crippen LogP contribution in [0.1, 0.15) is 6.92 Å². The Bertz CT molecular complexity index is 617. The van der Waals surface area contributed by atoms with Gasteiger partial charge < -0.3 is 10.5 Å². The van der Waals surface area contributed by atoms with Crippen LogP contribution < -0.4 is 5.73 Å². The van der Waals surface area contributed by atoms with Gasteiger partial charge in [0, 0.05) is 11.6 Å². The van der Waals surface area contributed by atoms with Crippen LogP contribution in [0, 0.1) is 0 Å². The average Bonchev–Trinajstić information content (AvgIpc) is 2.39. The van der Waals surface area contributed by atoms with E-state index in [0.29, 0.717) is 5.02 Å². The summed E-state index contributed by atoms with van der Waals surface area (Å²) in [7, 11) is -3.70. The fourth-order valence-corrected chi connectivity index (χ4v) is 3.58. The van der Waals surface area contributed by atoms with E-state index in [9.17, 15) is 13.2 Å². The molecule has 8 heteroatoms. The van der Waals surface area contributed by atoms with Gasteiger partial charge in [-0.25, -0.2) is 8.42 Å². The van der Waals surface area contributed by atoms with Gasteiger partial charge in [-0.15, -0.1) is 0 Å². The lowest BCUT2D eigenvalue weighted by Crippen LogP contribution is -2.58. The minimum Gasteiger partial charge on any atom is -0.367 e. The largest absolute Gasteiger partial charge is 0.367 e. The van der Waals surface area contributed by atoms with Crippen LogP contribution in [0.3, 0.4) is 0 Å². The van der Waals surface area contributed by atoms with Gasteiger partial charge in [0.1, 0.15) is 0 Å². The molecule has 2 rings (SSSR count). The standard InChI is InChI=1S/C12H15ClN2O4S/c1-12(11(14)16)8-15(6-7-19-12)20(17,18)10-4-2-9(13)3-5-10/h2-5H,6-8H2,1H3,(H2,14,16)/t12-/m0/s1. The number of nitrogens with two attached hydrogens (primary N) is 1. The maximum Gasteiger partial charge on any atom is 0.250 e. The first-order valence-corrected chi connectivity index (χ1v) is 7.77. The van der Waals surface area contributed by atoms with Crippen molar-refractivity contribution >= 4 is 27.5 Å². The SMILES string of the molecule is C[C@@]1(C(N)=O)CN(S(=O)(=O)c2ccc(Cl)cc2)CCO1. The normalized spacial score (nSPS) is 24.5. The van der Waals surface area contributed by atoms with Gasteiger partial charge in [0.15, 0.2) is 5.60 Å². The minimum atomic E-state index is -3.70. The van der Waals surface area contributed by atoms with E-state index < -0.39 is 21.5 Å². The minimum absolute atomic E-state index is 0.104. The quantitative estimate of drug-likeness (QED) is 0.884. The Labute approximate surface area is 122 Å². The molecule has 0 saturated carbocycles. The number of carbonyl (C=O) groups excluding carboxylic acids is 1. The number of sulfonamides is 1. The molecule has 110 valence electrons. The van der Waals surface area contributed by atoms with Crippen molar-refractivity contribution in [3.63, 3.8) is 0 Å². The molecule has 1 aromatic carbocycles. The number of benzene rings is 1. The third-order valence-electron chi connectivity index (χ3n) is 3.21. The van der Waals surface area contributed by atoms with Gasteiger partial charge in [-0.2, -0.15) is 4.31 Å². The van der Waals surface area contributed by atoms with Crippen LogP contribution in [0.4, 0.5) is 0 Å². The highest BCUT2D eigenvalue weighted by molar-refractivity contribution is 7.89. The number of primary amides is 1. The first kappa shape index (κ1) is 15.2. The zero-order chi connectivity index (χ0) is 15.0. The summed E-state index contributed by atoms with van der Waals surface area (Å²) in [5.74, 6) is -0.687. The average molecular weight is 319 g/mol. The topological polar surface area (TPSA) is 89.7 Å². The summed E-state index contributed by atoms with van der Waals surface area (Å²) in [6.07, 6.45) is 0. The van der Waals surface area contributed by atoms with E-state index in [2.05, 4.69) is 0 Å². The molecule has 1 saturated heterocycles. The van der Waals surface area contributed by atoms with E-state index in [4.69, 9.17) is 22.1 Å². The van der Waals surface area contributed by atoms with Crippen LogP contribution in [-0.4, -0.2) is 43.9 Å². The molecule has 1 amide bonds. The predicted molar refractivity (Wildman–Crippen MR) is 73.8 cm³/mol. The maximum atomic E-state index is 12.5. The number of hydrogen-bond donors (Lipinski definition) is 1. The molecule has 6 nitrogen and oxygen atoms in total. The van der Waals surface area contributed by atoms with E-state index in [0.717, 1.165) is 0 Å². The Hall–Kier alpha value is -1.15. The number of carbonyl (C=O) groups is 1. The predicted octanol–water partition coefficient (Wildman–Crippen LogP) is 0.605. The molecular weight excluding hydrogens is 304 g/mol. The highest BCUT2D eigenvalue weighted by Gasteiger charge is 2.41. The zero-order valence-corrected chi connectivity index (χ0v) is 12.4. The van der Waals surface area contributed by atoms with Crippen molar-refractivity contribution in [2.45, 2.75) is 17.4 Å². The van der Waals surface area contributed by atoms with Gasteiger partial charge in [-0.3, -0.25) is 4.79 Å². The van der Waals surface area contributed by atoms with E-state index in [-0.39, 0.29) is 24.6 Å². The number of morpholine rings is 1. The Balaban J connectivity index is 2.30. The monoisotopic (exact) mass is 318 g/mol. The number of halogens is 1. The molecule has 1 aliphatic heterocycles. The van der Waals surface area contributed by atoms with E-state index in [1.54, 1.807) is 0 Å². The molecule has 0 radical (unpaired) electrons. The molecule has 0 bridgehead atoms. The number of ether oxygens (including phenoxy) is 1. The van der Waals surface area contributed by atoms with Crippen LogP contribution in [0.2, 0.25) is 5.02 Å². The molecule has 1 fully saturated rings. The smallest absolute Gasteiger partial charge is 0.250 e. The number of rotatable bonds is 3. The van der Waals surface area contributed by atoms with E-state index in [1.807, 2.05) is 0 Å². The third-order valence-corrected chi connectivity index (χ3v) is 5.32. The summed E-state index contributed by atoms with van der Waals surface area (Å²) < 4.78 is 31.5. The highest BCUT2D eigenvalue weighted by atomic mass is 35.5. The molecule has 20 heavy (non-hydrogen) atoms. The molecule has 1 atom stereocenters. The van der Waals surface area contributed by atoms with Gasteiger partial charge >= 0.3 is 0 Å². The van der Waals surface area contributed by atoms with Gasteiger partial charge in [0.05, 0.1) is 18.0 Å². The Morgan fingerprint density at radius 3 is 2.55 bits per heavy atom. The highest BCUT2D eigenvalue weighted by Crippen LogP contribution is 2.24. The molecule has 0 aromatic heterocycles. The maximum absolute atomic E-state index is 12.5. The molecule has 0 aliphatic carbocycles. The number of amides is 1. The summed E-state index contributed by atoms with van der Waals surface area (Å²) in [6.45, 7) is 1.67. The second-order valence-corrected chi connectivity index (χ2v) is 7.11. The lowest BCUT2D eigenvalue weighted by atomic mass is 10.1. The summed E-state index contributed by atoms with van der Waals surface area (Å²) in [6, 6.07) is 5.85. The van der Waals surface area contributed by atoms with Crippen molar-refractivity contribution in [3.8, 4) is 0 Å². The molecule has 0 unspecified atom stereocenters. The van der Waals surface area contributed by atoms with Crippen molar-refractivity contribution in [2.75, 3.05) is 19.7 Å². The zero-order valence-electron chi connectivity index (χ0n) is 10.9. The van der Waals surface area contributed by atoms with Crippen molar-refractivity contribution in [1.29, 1.82) is 0 Å².